The van der Waals surface area contributed by atoms with Crippen LogP contribution in [-0.2, 0) is 19.5 Å². The van der Waals surface area contributed by atoms with Crippen LogP contribution in [0.15, 0.2) is 41.3 Å². The van der Waals surface area contributed by atoms with E-state index in [9.17, 15) is 4.79 Å². The van der Waals surface area contributed by atoms with E-state index in [1.54, 1.807) is 23.6 Å². The van der Waals surface area contributed by atoms with E-state index in [1.807, 2.05) is 18.2 Å². The number of hydrogen-bond donors (Lipinski definition) is 2. The van der Waals surface area contributed by atoms with Gasteiger partial charge in [0.25, 0.3) is 0 Å². The summed E-state index contributed by atoms with van der Waals surface area (Å²) in [7, 11) is 0. The molecule has 8 heteroatoms. The van der Waals surface area contributed by atoms with Gasteiger partial charge in [-0.25, -0.2) is 9.78 Å². The number of H-pyrrole nitrogens is 1. The van der Waals surface area contributed by atoms with E-state index in [4.69, 9.17) is 4.42 Å². The molecule has 0 atom stereocenters. The molecule has 0 fully saturated rings. The third-order valence-electron chi connectivity index (χ3n) is 4.20. The van der Waals surface area contributed by atoms with Crippen molar-refractivity contribution in [3.63, 3.8) is 0 Å². The number of nitrogens with one attached hydrogen (secondary N) is 2. The Morgan fingerprint density at radius 3 is 3.08 bits per heavy atom. The number of nitrogens with zero attached hydrogens (tertiary/aromatic N) is 4. The molecule has 0 spiro atoms. The van der Waals surface area contributed by atoms with Crippen molar-refractivity contribution < 1.29 is 9.21 Å². The Balaban J connectivity index is 1.37. The SMILES string of the molecule is O=C(NCc1nc(-c2ccncc2)n[nH]1)N1CCCc2occc2C1. The fourth-order valence-corrected chi connectivity index (χ4v) is 2.89. The number of aromatic amines is 1. The number of aromatic nitrogens is 4. The lowest BCUT2D eigenvalue weighted by Crippen LogP contribution is -2.39. The van der Waals surface area contributed by atoms with Gasteiger partial charge in [-0.2, -0.15) is 5.10 Å². The fourth-order valence-electron chi connectivity index (χ4n) is 2.89. The molecule has 0 saturated heterocycles. The average Bonchev–Trinajstić information content (AvgIpc) is 3.25. The summed E-state index contributed by atoms with van der Waals surface area (Å²) in [5.74, 6) is 2.18. The van der Waals surface area contributed by atoms with Gasteiger partial charge in [-0.05, 0) is 24.6 Å². The van der Waals surface area contributed by atoms with Gasteiger partial charge in [0.2, 0.25) is 0 Å². The monoisotopic (exact) mass is 338 g/mol. The topological polar surface area (TPSA) is 99.9 Å². The van der Waals surface area contributed by atoms with Gasteiger partial charge in [-0.15, -0.1) is 0 Å². The molecule has 0 bridgehead atoms. The van der Waals surface area contributed by atoms with E-state index in [0.717, 1.165) is 29.7 Å². The molecule has 0 aromatic carbocycles. The molecule has 2 amide bonds. The van der Waals surface area contributed by atoms with E-state index in [2.05, 4.69) is 25.5 Å². The number of rotatable bonds is 3. The molecule has 1 aliphatic heterocycles. The third kappa shape index (κ3) is 3.37. The zero-order chi connectivity index (χ0) is 17.1. The summed E-state index contributed by atoms with van der Waals surface area (Å²) in [5.41, 5.74) is 1.95. The predicted octanol–water partition coefficient (Wildman–Crippen LogP) is 2.12. The molecule has 4 heterocycles. The number of furan rings is 1. The highest BCUT2D eigenvalue weighted by Crippen LogP contribution is 2.19. The molecule has 0 aliphatic carbocycles. The highest BCUT2D eigenvalue weighted by molar-refractivity contribution is 5.74. The Kier molecular flexibility index (Phi) is 4.16. The summed E-state index contributed by atoms with van der Waals surface area (Å²) in [6, 6.07) is 5.49. The van der Waals surface area contributed by atoms with Crippen LogP contribution >= 0.6 is 0 Å². The Hall–Kier alpha value is -3.16. The van der Waals surface area contributed by atoms with Crippen LogP contribution in [0.25, 0.3) is 11.4 Å². The van der Waals surface area contributed by atoms with Crippen molar-refractivity contribution in [2.45, 2.75) is 25.9 Å². The highest BCUT2D eigenvalue weighted by atomic mass is 16.3. The first-order valence-corrected chi connectivity index (χ1v) is 8.19. The van der Waals surface area contributed by atoms with Crippen LogP contribution in [0.4, 0.5) is 4.79 Å². The molecule has 3 aromatic heterocycles. The molecular formula is C17H18N6O2. The summed E-state index contributed by atoms with van der Waals surface area (Å²) in [5, 5.41) is 9.92. The fraction of sp³-hybridized carbons (Fsp3) is 0.294. The molecule has 3 aromatic rings. The molecule has 8 nitrogen and oxygen atoms in total. The molecule has 0 unspecified atom stereocenters. The quantitative estimate of drug-likeness (QED) is 0.762. The predicted molar refractivity (Wildman–Crippen MR) is 89.3 cm³/mol. The number of aryl methyl sites for hydroxylation is 1. The van der Waals surface area contributed by atoms with Crippen LogP contribution in [0.1, 0.15) is 23.6 Å². The van der Waals surface area contributed by atoms with Gasteiger partial charge >= 0.3 is 6.03 Å². The van der Waals surface area contributed by atoms with Gasteiger partial charge in [-0.1, -0.05) is 0 Å². The zero-order valence-electron chi connectivity index (χ0n) is 13.6. The first-order chi connectivity index (χ1) is 12.3. The van der Waals surface area contributed by atoms with Crippen molar-refractivity contribution >= 4 is 6.03 Å². The second-order valence-corrected chi connectivity index (χ2v) is 5.89. The van der Waals surface area contributed by atoms with Crippen LogP contribution in [0, 0.1) is 0 Å². The van der Waals surface area contributed by atoms with Gasteiger partial charge in [-0.3, -0.25) is 10.1 Å². The minimum Gasteiger partial charge on any atom is -0.469 e. The summed E-state index contributed by atoms with van der Waals surface area (Å²) in [4.78, 5) is 22.6. The molecule has 2 N–H and O–H groups in total. The van der Waals surface area contributed by atoms with Crippen LogP contribution in [0.5, 0.6) is 0 Å². The number of pyridine rings is 1. The molecule has 128 valence electrons. The smallest absolute Gasteiger partial charge is 0.318 e. The number of urea groups is 1. The Bertz CT molecular complexity index is 857. The van der Waals surface area contributed by atoms with Crippen LogP contribution in [-0.4, -0.2) is 37.6 Å². The van der Waals surface area contributed by atoms with Crippen molar-refractivity contribution in [1.29, 1.82) is 0 Å². The lowest BCUT2D eigenvalue weighted by Gasteiger charge is -2.20. The highest BCUT2D eigenvalue weighted by Gasteiger charge is 2.20. The number of amides is 2. The number of carbonyl (C=O) groups excluding carboxylic acids is 1. The van der Waals surface area contributed by atoms with E-state index in [-0.39, 0.29) is 6.03 Å². The number of carbonyl (C=O) groups is 1. The summed E-state index contributed by atoms with van der Waals surface area (Å²) in [6.45, 7) is 1.57. The lowest BCUT2D eigenvalue weighted by molar-refractivity contribution is 0.195. The average molecular weight is 338 g/mol. The van der Waals surface area contributed by atoms with Gasteiger partial charge in [0.05, 0.1) is 19.4 Å². The number of hydrogen-bond acceptors (Lipinski definition) is 5. The third-order valence-corrected chi connectivity index (χ3v) is 4.20. The second-order valence-electron chi connectivity index (χ2n) is 5.89. The minimum absolute atomic E-state index is 0.115. The van der Waals surface area contributed by atoms with Crippen molar-refractivity contribution in [2.75, 3.05) is 6.54 Å². The van der Waals surface area contributed by atoms with Crippen molar-refractivity contribution in [1.82, 2.24) is 30.4 Å². The standard InChI is InChI=1S/C17H18N6O2/c24-17(23-8-1-2-14-13(11-23)5-9-25-14)19-10-15-20-16(22-21-15)12-3-6-18-7-4-12/h3-7,9H,1-2,8,10-11H2,(H,19,24)(H,20,21,22). The van der Waals surface area contributed by atoms with E-state index in [1.165, 1.54) is 0 Å². The molecule has 0 saturated carbocycles. The van der Waals surface area contributed by atoms with Gasteiger partial charge in [0.1, 0.15) is 11.6 Å². The number of fused-ring (bicyclic) bond motifs is 1. The first kappa shape index (κ1) is 15.4. The zero-order valence-corrected chi connectivity index (χ0v) is 13.6. The molecular weight excluding hydrogens is 320 g/mol. The Morgan fingerprint density at radius 1 is 1.32 bits per heavy atom. The van der Waals surface area contributed by atoms with Gasteiger partial charge < -0.3 is 14.6 Å². The maximum absolute atomic E-state index is 12.4. The van der Waals surface area contributed by atoms with Gasteiger partial charge in [0.15, 0.2) is 5.82 Å². The summed E-state index contributed by atoms with van der Waals surface area (Å²) >= 11 is 0. The van der Waals surface area contributed by atoms with E-state index < -0.39 is 0 Å². The van der Waals surface area contributed by atoms with Crippen molar-refractivity contribution in [3.05, 3.63) is 54.0 Å². The largest absolute Gasteiger partial charge is 0.469 e. The maximum atomic E-state index is 12.4. The summed E-state index contributed by atoms with van der Waals surface area (Å²) < 4.78 is 5.45. The first-order valence-electron chi connectivity index (χ1n) is 8.19. The Labute approximate surface area is 144 Å². The van der Waals surface area contributed by atoms with E-state index in [0.29, 0.717) is 31.3 Å². The Morgan fingerprint density at radius 2 is 2.20 bits per heavy atom. The molecule has 1 aliphatic rings. The van der Waals surface area contributed by atoms with Crippen LogP contribution in [0.2, 0.25) is 0 Å². The van der Waals surface area contributed by atoms with Crippen molar-refractivity contribution in [3.8, 4) is 11.4 Å². The molecule has 25 heavy (non-hydrogen) atoms. The molecule has 0 radical (unpaired) electrons. The van der Waals surface area contributed by atoms with E-state index >= 15 is 0 Å². The normalized spacial score (nSPS) is 14.0. The summed E-state index contributed by atoms with van der Waals surface area (Å²) in [6.07, 6.45) is 6.82. The lowest BCUT2D eigenvalue weighted by atomic mass is 10.2. The van der Waals surface area contributed by atoms with Gasteiger partial charge in [0, 0.05) is 36.5 Å². The molecule has 4 rings (SSSR count). The maximum Gasteiger partial charge on any atom is 0.318 e. The minimum atomic E-state index is -0.115. The van der Waals surface area contributed by atoms with Crippen LogP contribution in [0.3, 0.4) is 0 Å². The van der Waals surface area contributed by atoms with Crippen LogP contribution < -0.4 is 5.32 Å². The van der Waals surface area contributed by atoms with Crippen molar-refractivity contribution in [2.24, 2.45) is 0 Å². The second kappa shape index (κ2) is 6.76.